The summed E-state index contributed by atoms with van der Waals surface area (Å²) in [5.74, 6) is 0.947. The van der Waals surface area contributed by atoms with Crippen molar-refractivity contribution in [3.8, 4) is 0 Å². The third-order valence-electron chi connectivity index (χ3n) is 2.38. The van der Waals surface area contributed by atoms with Crippen LogP contribution in [-0.4, -0.2) is 42.9 Å². The minimum absolute atomic E-state index is 0.0951. The highest BCUT2D eigenvalue weighted by molar-refractivity contribution is 5.89. The number of nitrogens with two attached hydrogens (primary N) is 1. The number of nitrogens with zero attached hydrogens (tertiary/aromatic N) is 2. The average molecular weight is 212 g/mol. The van der Waals surface area contributed by atoms with E-state index < -0.39 is 0 Å². The van der Waals surface area contributed by atoms with Gasteiger partial charge in [-0.2, -0.15) is 0 Å². The lowest BCUT2D eigenvalue weighted by Gasteiger charge is -2.12. The molecule has 15 heavy (non-hydrogen) atoms. The molecule has 86 valence electrons. The first-order valence-corrected chi connectivity index (χ1v) is 5.32. The second kappa shape index (κ2) is 5.00. The van der Waals surface area contributed by atoms with Crippen LogP contribution in [0.25, 0.3) is 0 Å². The fourth-order valence-electron chi connectivity index (χ4n) is 1.46. The van der Waals surface area contributed by atoms with Gasteiger partial charge in [-0.15, -0.1) is 0 Å². The van der Waals surface area contributed by atoms with Crippen molar-refractivity contribution in [1.29, 1.82) is 0 Å². The monoisotopic (exact) mass is 212 g/mol. The van der Waals surface area contributed by atoms with Gasteiger partial charge in [0.05, 0.1) is 0 Å². The van der Waals surface area contributed by atoms with Gasteiger partial charge >= 0.3 is 0 Å². The predicted octanol–water partition coefficient (Wildman–Crippen LogP) is -0.223. The summed E-state index contributed by atoms with van der Waals surface area (Å²) in [7, 11) is 1.80. The van der Waals surface area contributed by atoms with E-state index in [1.807, 2.05) is 0 Å². The molecule has 0 spiro atoms. The van der Waals surface area contributed by atoms with Gasteiger partial charge in [-0.1, -0.05) is 13.8 Å². The Kier molecular flexibility index (Phi) is 3.94. The normalized spacial score (nSPS) is 22.7. The van der Waals surface area contributed by atoms with Crippen LogP contribution >= 0.6 is 0 Å². The molecule has 3 N–H and O–H groups in total. The van der Waals surface area contributed by atoms with Gasteiger partial charge in [-0.05, 0) is 12.3 Å². The second-order valence-electron chi connectivity index (χ2n) is 4.37. The largest absolute Gasteiger partial charge is 0.370 e. The van der Waals surface area contributed by atoms with Crippen molar-refractivity contribution in [3.05, 3.63) is 0 Å². The topological polar surface area (TPSA) is 70.7 Å². The molecule has 1 unspecified atom stereocenters. The molecule has 1 heterocycles. The van der Waals surface area contributed by atoms with Crippen molar-refractivity contribution in [2.24, 2.45) is 16.6 Å². The van der Waals surface area contributed by atoms with Gasteiger partial charge in [0.25, 0.3) is 0 Å². The Hall–Kier alpha value is -1.26. The quantitative estimate of drug-likeness (QED) is 0.502. The minimum Gasteiger partial charge on any atom is -0.370 e. The number of likely N-dealkylation sites (N-methyl/N-ethyl adjacent to an activating group) is 1. The van der Waals surface area contributed by atoms with Crippen LogP contribution in [0.3, 0.4) is 0 Å². The number of likely N-dealkylation sites (tertiary alicyclic amines) is 1. The van der Waals surface area contributed by atoms with Gasteiger partial charge < -0.3 is 16.0 Å². The Morgan fingerprint density at radius 2 is 2.40 bits per heavy atom. The lowest BCUT2D eigenvalue weighted by molar-refractivity contribution is -0.127. The number of carbonyl (C=O) groups is 1. The molecule has 1 atom stereocenters. The van der Waals surface area contributed by atoms with E-state index in [9.17, 15) is 4.79 Å². The van der Waals surface area contributed by atoms with Crippen LogP contribution in [-0.2, 0) is 4.79 Å². The molecule has 1 amide bonds. The van der Waals surface area contributed by atoms with Gasteiger partial charge in [0.15, 0.2) is 5.96 Å². The van der Waals surface area contributed by atoms with Crippen molar-refractivity contribution in [2.45, 2.75) is 26.3 Å². The second-order valence-corrected chi connectivity index (χ2v) is 4.37. The fraction of sp³-hybridized carbons (Fsp3) is 0.800. The molecular weight excluding hydrogens is 192 g/mol. The van der Waals surface area contributed by atoms with Crippen molar-refractivity contribution in [2.75, 3.05) is 20.1 Å². The molecule has 0 radical (unpaired) electrons. The first-order chi connectivity index (χ1) is 7.00. The number of rotatable bonds is 3. The van der Waals surface area contributed by atoms with E-state index in [0.29, 0.717) is 18.4 Å². The van der Waals surface area contributed by atoms with E-state index in [-0.39, 0.29) is 11.9 Å². The third-order valence-corrected chi connectivity index (χ3v) is 2.38. The molecule has 0 aliphatic carbocycles. The van der Waals surface area contributed by atoms with Gasteiger partial charge in [0, 0.05) is 20.1 Å². The molecule has 1 aliphatic heterocycles. The highest BCUT2D eigenvalue weighted by Crippen LogP contribution is 2.07. The van der Waals surface area contributed by atoms with E-state index in [0.717, 1.165) is 13.0 Å². The van der Waals surface area contributed by atoms with E-state index in [1.54, 1.807) is 11.9 Å². The maximum atomic E-state index is 11.5. The number of hydrogen-bond donors (Lipinski definition) is 2. The zero-order valence-corrected chi connectivity index (χ0v) is 9.66. The summed E-state index contributed by atoms with van der Waals surface area (Å²) in [5.41, 5.74) is 5.68. The Morgan fingerprint density at radius 3 is 2.87 bits per heavy atom. The smallest absolute Gasteiger partial charge is 0.244 e. The summed E-state index contributed by atoms with van der Waals surface area (Å²) in [6, 6.07) is -0.189. The van der Waals surface area contributed by atoms with Gasteiger partial charge in [-0.3, -0.25) is 9.79 Å². The summed E-state index contributed by atoms with van der Waals surface area (Å²) in [4.78, 5) is 17.4. The van der Waals surface area contributed by atoms with Crippen LogP contribution in [0.15, 0.2) is 4.99 Å². The van der Waals surface area contributed by atoms with Crippen molar-refractivity contribution < 1.29 is 4.79 Å². The predicted molar refractivity (Wildman–Crippen MR) is 60.5 cm³/mol. The summed E-state index contributed by atoms with van der Waals surface area (Å²) in [5, 5.41) is 2.95. The van der Waals surface area contributed by atoms with Crippen molar-refractivity contribution in [1.82, 2.24) is 10.2 Å². The first kappa shape index (κ1) is 11.8. The molecule has 0 saturated carbocycles. The number of carbonyl (C=O) groups excluding carboxylic acids is 1. The summed E-state index contributed by atoms with van der Waals surface area (Å²) >= 11 is 0. The molecule has 0 aromatic heterocycles. The molecule has 1 fully saturated rings. The Balaban J connectivity index is 2.41. The summed E-state index contributed by atoms with van der Waals surface area (Å²) in [6.45, 7) is 5.63. The van der Waals surface area contributed by atoms with Crippen LogP contribution in [0.4, 0.5) is 0 Å². The molecule has 1 saturated heterocycles. The average Bonchev–Trinajstić information content (AvgIpc) is 2.47. The van der Waals surface area contributed by atoms with Crippen molar-refractivity contribution >= 4 is 11.9 Å². The van der Waals surface area contributed by atoms with Gasteiger partial charge in [0.2, 0.25) is 5.91 Å². The van der Waals surface area contributed by atoms with Crippen LogP contribution in [0.5, 0.6) is 0 Å². The third kappa shape index (κ3) is 3.42. The summed E-state index contributed by atoms with van der Waals surface area (Å²) < 4.78 is 0. The lowest BCUT2D eigenvalue weighted by Crippen LogP contribution is -2.44. The van der Waals surface area contributed by atoms with Crippen LogP contribution < -0.4 is 11.1 Å². The molecule has 5 nitrogen and oxygen atoms in total. The fourth-order valence-corrected chi connectivity index (χ4v) is 1.46. The summed E-state index contributed by atoms with van der Waals surface area (Å²) in [6.07, 6.45) is 0.799. The molecule has 0 bridgehead atoms. The maximum absolute atomic E-state index is 11.5. The Labute approximate surface area is 90.7 Å². The first-order valence-electron chi connectivity index (χ1n) is 5.32. The number of hydrogen-bond acceptors (Lipinski definition) is 2. The van der Waals surface area contributed by atoms with Crippen LogP contribution in [0, 0.1) is 5.92 Å². The van der Waals surface area contributed by atoms with E-state index in [1.165, 1.54) is 0 Å². The highest BCUT2D eigenvalue weighted by atomic mass is 16.2. The van der Waals surface area contributed by atoms with Crippen LogP contribution in [0.1, 0.15) is 20.3 Å². The number of aliphatic imine (C=N–C) groups is 1. The zero-order chi connectivity index (χ0) is 11.4. The number of guanidine groups is 1. The molecule has 0 aromatic rings. The Bertz CT molecular complexity index is 262. The SMILES string of the molecule is CC(C)CN=C(N)NC1CCN(C)C1=O. The molecule has 1 rings (SSSR count). The van der Waals surface area contributed by atoms with E-state index in [4.69, 9.17) is 5.73 Å². The zero-order valence-electron chi connectivity index (χ0n) is 9.66. The van der Waals surface area contributed by atoms with Crippen LogP contribution in [0.2, 0.25) is 0 Å². The standard InChI is InChI=1S/C10H20N4O/c1-7(2)6-12-10(11)13-8-4-5-14(3)9(8)15/h7-8H,4-6H2,1-3H3,(H3,11,12,13). The maximum Gasteiger partial charge on any atom is 0.244 e. The van der Waals surface area contributed by atoms with Crippen molar-refractivity contribution in [3.63, 3.8) is 0 Å². The Morgan fingerprint density at radius 1 is 1.73 bits per heavy atom. The van der Waals surface area contributed by atoms with Gasteiger partial charge in [0.1, 0.15) is 6.04 Å². The molecule has 5 heteroatoms. The molecule has 0 aromatic carbocycles. The molecular formula is C10H20N4O. The molecule has 1 aliphatic rings. The number of amides is 1. The van der Waals surface area contributed by atoms with E-state index >= 15 is 0 Å². The number of nitrogens with one attached hydrogen (secondary N) is 1. The lowest BCUT2D eigenvalue weighted by atomic mass is 10.2. The minimum atomic E-state index is -0.189. The van der Waals surface area contributed by atoms with Gasteiger partial charge in [-0.25, -0.2) is 0 Å². The highest BCUT2D eigenvalue weighted by Gasteiger charge is 2.28. The van der Waals surface area contributed by atoms with E-state index in [2.05, 4.69) is 24.2 Å².